The zero-order valence-electron chi connectivity index (χ0n) is 22.2. The first-order chi connectivity index (χ1) is 18.6. The van der Waals surface area contributed by atoms with Crippen LogP contribution in [0.3, 0.4) is 0 Å². The molecule has 0 atom stereocenters. The van der Waals surface area contributed by atoms with Crippen molar-refractivity contribution < 1.29 is 18.0 Å². The van der Waals surface area contributed by atoms with Crippen LogP contribution in [0.25, 0.3) is 16.7 Å². The maximum absolute atomic E-state index is 13.2. The topological polar surface area (TPSA) is 67.2 Å². The molecule has 1 aliphatic rings. The summed E-state index contributed by atoms with van der Waals surface area (Å²) in [7, 11) is 0. The second-order valence-corrected chi connectivity index (χ2v) is 10.3. The summed E-state index contributed by atoms with van der Waals surface area (Å²) in [6.45, 7) is 8.14. The van der Waals surface area contributed by atoms with Gasteiger partial charge >= 0.3 is 6.18 Å². The van der Waals surface area contributed by atoms with E-state index in [-0.39, 0.29) is 5.56 Å². The predicted molar refractivity (Wildman–Crippen MR) is 144 cm³/mol. The first kappa shape index (κ1) is 26.6. The number of anilines is 1. The number of carbonyl (C=O) groups excluding carboxylic acids is 1. The molecule has 0 radical (unpaired) electrons. The monoisotopic (exact) mass is 536 g/mol. The Morgan fingerprint density at radius 1 is 0.974 bits per heavy atom. The van der Waals surface area contributed by atoms with Crippen LogP contribution in [0.4, 0.5) is 19.0 Å². The normalized spacial score (nSPS) is 14.7. The summed E-state index contributed by atoms with van der Waals surface area (Å²) < 4.78 is 41.5. The molecule has 0 unspecified atom stereocenters. The van der Waals surface area contributed by atoms with Gasteiger partial charge in [0.15, 0.2) is 5.65 Å². The first-order valence-corrected chi connectivity index (χ1v) is 13.1. The highest BCUT2D eigenvalue weighted by atomic mass is 19.4. The lowest BCUT2D eigenvalue weighted by atomic mass is 10.1. The van der Waals surface area contributed by atoms with Crippen molar-refractivity contribution in [2.24, 2.45) is 5.92 Å². The molecule has 204 valence electrons. The zero-order valence-corrected chi connectivity index (χ0v) is 22.2. The number of alkyl halides is 3. The molecule has 4 aromatic rings. The van der Waals surface area contributed by atoms with E-state index in [2.05, 4.69) is 18.7 Å². The molecule has 1 fully saturated rings. The van der Waals surface area contributed by atoms with Crippen LogP contribution >= 0.6 is 0 Å². The number of benzene rings is 2. The number of fused-ring (bicyclic) bond motifs is 1. The number of carbonyl (C=O) groups is 1. The van der Waals surface area contributed by atoms with Gasteiger partial charge in [-0.3, -0.25) is 4.79 Å². The standard InChI is InChI=1S/C29H31F3N6O/c1-19(2)17-24-33-26(25-20(3)35-38(27(25)34-24)23-11-5-4-6-12-23)36-13-8-14-37(16-15-36)28(39)21-9-7-10-22(18-21)29(30,31)32/h4-7,9-12,18-19H,8,13-17H2,1-3H3. The summed E-state index contributed by atoms with van der Waals surface area (Å²) in [5.41, 5.74) is 1.67. The van der Waals surface area contributed by atoms with E-state index in [0.717, 1.165) is 46.2 Å². The van der Waals surface area contributed by atoms with Gasteiger partial charge in [0, 0.05) is 38.2 Å². The van der Waals surface area contributed by atoms with Crippen molar-refractivity contribution in [3.63, 3.8) is 0 Å². The number of nitrogens with zero attached hydrogens (tertiary/aromatic N) is 6. The second kappa shape index (κ2) is 10.7. The van der Waals surface area contributed by atoms with Crippen molar-refractivity contribution in [1.82, 2.24) is 24.6 Å². The number of aryl methyl sites for hydroxylation is 1. The van der Waals surface area contributed by atoms with Crippen LogP contribution < -0.4 is 4.90 Å². The number of halogens is 3. The quantitative estimate of drug-likeness (QED) is 0.328. The third-order valence-corrected chi connectivity index (χ3v) is 6.84. The Morgan fingerprint density at radius 2 is 1.74 bits per heavy atom. The van der Waals surface area contributed by atoms with Crippen LogP contribution in [0.1, 0.15) is 47.7 Å². The smallest absolute Gasteiger partial charge is 0.354 e. The molecule has 1 amide bonds. The average molecular weight is 537 g/mol. The SMILES string of the molecule is Cc1nn(-c2ccccc2)c2nc(CC(C)C)nc(N3CCCN(C(=O)c4cccc(C(F)(F)F)c4)CC3)c12. The van der Waals surface area contributed by atoms with Gasteiger partial charge in [0.05, 0.1) is 22.3 Å². The predicted octanol–water partition coefficient (Wildman–Crippen LogP) is 5.69. The fourth-order valence-electron chi connectivity index (χ4n) is 4.98. The Labute approximate surface area is 225 Å². The highest BCUT2D eigenvalue weighted by molar-refractivity contribution is 5.95. The van der Waals surface area contributed by atoms with Gasteiger partial charge in [-0.05, 0) is 49.6 Å². The van der Waals surface area contributed by atoms with Crippen molar-refractivity contribution >= 4 is 22.8 Å². The van der Waals surface area contributed by atoms with Crippen molar-refractivity contribution in [2.75, 3.05) is 31.1 Å². The molecule has 1 saturated heterocycles. The molecule has 7 nitrogen and oxygen atoms in total. The fraction of sp³-hybridized carbons (Fsp3) is 0.379. The van der Waals surface area contributed by atoms with Gasteiger partial charge in [0.1, 0.15) is 11.6 Å². The van der Waals surface area contributed by atoms with E-state index in [0.29, 0.717) is 44.9 Å². The van der Waals surface area contributed by atoms with E-state index >= 15 is 0 Å². The Kier molecular flexibility index (Phi) is 7.29. The third kappa shape index (κ3) is 5.60. The van der Waals surface area contributed by atoms with Gasteiger partial charge in [0.2, 0.25) is 0 Å². The number of aromatic nitrogens is 4. The van der Waals surface area contributed by atoms with Gasteiger partial charge in [-0.2, -0.15) is 18.3 Å². The van der Waals surface area contributed by atoms with Crippen LogP contribution in [-0.2, 0) is 12.6 Å². The van der Waals surface area contributed by atoms with Crippen LogP contribution in [0.5, 0.6) is 0 Å². The lowest BCUT2D eigenvalue weighted by Gasteiger charge is -2.24. The van der Waals surface area contributed by atoms with Gasteiger partial charge in [-0.1, -0.05) is 38.1 Å². The Bertz CT molecular complexity index is 1480. The fourth-order valence-corrected chi connectivity index (χ4v) is 4.98. The molecule has 0 bridgehead atoms. The molecule has 0 saturated carbocycles. The number of hydrogen-bond acceptors (Lipinski definition) is 5. The first-order valence-electron chi connectivity index (χ1n) is 13.1. The Balaban J connectivity index is 1.47. The molecule has 5 rings (SSSR count). The van der Waals surface area contributed by atoms with E-state index in [9.17, 15) is 18.0 Å². The highest BCUT2D eigenvalue weighted by Gasteiger charge is 2.32. The minimum absolute atomic E-state index is 0.0434. The Hall–Kier alpha value is -3.95. The van der Waals surface area contributed by atoms with Crippen LogP contribution in [-0.4, -0.2) is 56.7 Å². The largest absolute Gasteiger partial charge is 0.416 e. The molecule has 2 aromatic carbocycles. The molecule has 10 heteroatoms. The highest BCUT2D eigenvalue weighted by Crippen LogP contribution is 2.31. The van der Waals surface area contributed by atoms with E-state index in [1.807, 2.05) is 41.9 Å². The van der Waals surface area contributed by atoms with Crippen molar-refractivity contribution in [3.05, 3.63) is 77.2 Å². The van der Waals surface area contributed by atoms with Crippen LogP contribution in [0.2, 0.25) is 0 Å². The number of hydrogen-bond donors (Lipinski definition) is 0. The maximum Gasteiger partial charge on any atom is 0.416 e. The molecular formula is C29H31F3N6O. The second-order valence-electron chi connectivity index (χ2n) is 10.3. The average Bonchev–Trinajstić information content (AvgIpc) is 3.07. The van der Waals surface area contributed by atoms with Crippen LogP contribution in [0.15, 0.2) is 54.6 Å². The van der Waals surface area contributed by atoms with E-state index in [1.54, 1.807) is 4.90 Å². The minimum Gasteiger partial charge on any atom is -0.354 e. The molecule has 0 spiro atoms. The summed E-state index contributed by atoms with van der Waals surface area (Å²) in [5.74, 6) is 1.47. The summed E-state index contributed by atoms with van der Waals surface area (Å²) in [6.07, 6.45) is -3.14. The van der Waals surface area contributed by atoms with E-state index < -0.39 is 17.6 Å². The van der Waals surface area contributed by atoms with Gasteiger partial charge < -0.3 is 9.80 Å². The van der Waals surface area contributed by atoms with Crippen molar-refractivity contribution in [1.29, 1.82) is 0 Å². The maximum atomic E-state index is 13.2. The Morgan fingerprint density at radius 3 is 2.46 bits per heavy atom. The molecule has 39 heavy (non-hydrogen) atoms. The minimum atomic E-state index is -4.50. The van der Waals surface area contributed by atoms with E-state index in [4.69, 9.17) is 15.1 Å². The van der Waals surface area contributed by atoms with Gasteiger partial charge in [-0.25, -0.2) is 14.6 Å². The summed E-state index contributed by atoms with van der Waals surface area (Å²) in [5, 5.41) is 5.67. The number of amides is 1. The summed E-state index contributed by atoms with van der Waals surface area (Å²) >= 11 is 0. The van der Waals surface area contributed by atoms with Gasteiger partial charge in [0.25, 0.3) is 5.91 Å². The number of rotatable bonds is 5. The molecule has 0 aliphatic carbocycles. The van der Waals surface area contributed by atoms with Crippen molar-refractivity contribution in [2.45, 2.75) is 39.8 Å². The molecular weight excluding hydrogens is 505 g/mol. The lowest BCUT2D eigenvalue weighted by molar-refractivity contribution is -0.137. The summed E-state index contributed by atoms with van der Waals surface area (Å²) in [4.78, 5) is 26.8. The molecule has 2 aromatic heterocycles. The molecule has 1 aliphatic heterocycles. The third-order valence-electron chi connectivity index (χ3n) is 6.84. The summed E-state index contributed by atoms with van der Waals surface area (Å²) in [6, 6.07) is 14.5. The molecule has 3 heterocycles. The molecule has 0 N–H and O–H groups in total. The van der Waals surface area contributed by atoms with Gasteiger partial charge in [-0.15, -0.1) is 0 Å². The zero-order chi connectivity index (χ0) is 27.7. The van der Waals surface area contributed by atoms with E-state index in [1.165, 1.54) is 12.1 Å². The lowest BCUT2D eigenvalue weighted by Crippen LogP contribution is -2.35. The van der Waals surface area contributed by atoms with Crippen molar-refractivity contribution in [3.8, 4) is 5.69 Å². The van der Waals surface area contributed by atoms with Crippen LogP contribution in [0, 0.1) is 12.8 Å². The number of para-hydroxylation sites is 1.